The lowest BCUT2D eigenvalue weighted by molar-refractivity contribution is -0.142. The number of carbonyl (C=O) groups excluding carboxylic acids is 3. The Morgan fingerprint density at radius 2 is 1.62 bits per heavy atom. The molecule has 8 heteroatoms. The van der Waals surface area contributed by atoms with Crippen molar-refractivity contribution in [2.45, 2.75) is 6.92 Å². The van der Waals surface area contributed by atoms with E-state index < -0.39 is 24.5 Å². The van der Waals surface area contributed by atoms with Gasteiger partial charge in [0.25, 0.3) is 5.91 Å². The number of esters is 2. The molecule has 1 aromatic heterocycles. The second-order valence-corrected chi connectivity index (χ2v) is 5.94. The van der Waals surface area contributed by atoms with Crippen molar-refractivity contribution in [2.75, 3.05) is 24.7 Å². The Kier molecular flexibility index (Phi) is 6.47. The summed E-state index contributed by atoms with van der Waals surface area (Å²) in [5.41, 5.74) is 1.67. The van der Waals surface area contributed by atoms with Crippen molar-refractivity contribution >= 4 is 34.6 Å². The summed E-state index contributed by atoms with van der Waals surface area (Å²) in [4.78, 5) is 46.3. The Labute approximate surface area is 167 Å². The third-order valence-electron chi connectivity index (χ3n) is 3.95. The highest BCUT2D eigenvalue weighted by Gasteiger charge is 2.22. The fourth-order valence-corrected chi connectivity index (χ4v) is 2.60. The van der Waals surface area contributed by atoms with Crippen LogP contribution in [0.4, 0.5) is 5.69 Å². The molecule has 29 heavy (non-hydrogen) atoms. The van der Waals surface area contributed by atoms with Gasteiger partial charge in [-0.15, -0.1) is 0 Å². The van der Waals surface area contributed by atoms with Crippen LogP contribution >= 0.6 is 0 Å². The molecule has 0 saturated carbocycles. The van der Waals surface area contributed by atoms with Crippen molar-refractivity contribution in [1.82, 2.24) is 9.97 Å². The third-order valence-corrected chi connectivity index (χ3v) is 3.95. The first-order valence-electron chi connectivity index (χ1n) is 8.98. The van der Waals surface area contributed by atoms with Crippen LogP contribution in [0.25, 0.3) is 11.0 Å². The van der Waals surface area contributed by atoms with Gasteiger partial charge in [-0.1, -0.05) is 30.3 Å². The average Bonchev–Trinajstić information content (AvgIpc) is 2.76. The molecular formula is C21H19N3O5. The van der Waals surface area contributed by atoms with Crippen LogP contribution in [-0.4, -0.2) is 47.6 Å². The highest BCUT2D eigenvalue weighted by Crippen LogP contribution is 2.14. The maximum atomic E-state index is 12.6. The van der Waals surface area contributed by atoms with Crippen molar-refractivity contribution in [3.8, 4) is 0 Å². The SMILES string of the molecule is CCOC(=O)CN(C(=O)COC(=O)c1cnc2ccccc2n1)c1ccccc1. The predicted octanol–water partition coefficient (Wildman–Crippen LogP) is 2.38. The van der Waals surface area contributed by atoms with E-state index in [4.69, 9.17) is 9.47 Å². The Morgan fingerprint density at radius 3 is 2.34 bits per heavy atom. The molecule has 0 bridgehead atoms. The molecule has 0 fully saturated rings. The summed E-state index contributed by atoms with van der Waals surface area (Å²) in [5, 5.41) is 0. The second-order valence-electron chi connectivity index (χ2n) is 5.94. The lowest BCUT2D eigenvalue weighted by Gasteiger charge is -2.21. The van der Waals surface area contributed by atoms with Gasteiger partial charge in [-0.2, -0.15) is 0 Å². The van der Waals surface area contributed by atoms with Crippen molar-refractivity contribution in [3.05, 3.63) is 66.5 Å². The highest BCUT2D eigenvalue weighted by atomic mass is 16.5. The number of nitrogens with zero attached hydrogens (tertiary/aromatic N) is 3. The van der Waals surface area contributed by atoms with E-state index in [1.165, 1.54) is 11.1 Å². The Morgan fingerprint density at radius 1 is 0.931 bits per heavy atom. The number of para-hydroxylation sites is 3. The van der Waals surface area contributed by atoms with Gasteiger partial charge in [-0.05, 0) is 31.2 Å². The van der Waals surface area contributed by atoms with Crippen LogP contribution in [-0.2, 0) is 19.1 Å². The zero-order valence-corrected chi connectivity index (χ0v) is 15.8. The van der Waals surface area contributed by atoms with Gasteiger partial charge in [-0.3, -0.25) is 19.5 Å². The van der Waals surface area contributed by atoms with Crippen molar-refractivity contribution in [2.24, 2.45) is 0 Å². The largest absolute Gasteiger partial charge is 0.465 e. The minimum atomic E-state index is -0.777. The number of aromatic nitrogens is 2. The van der Waals surface area contributed by atoms with E-state index in [1.54, 1.807) is 55.5 Å². The monoisotopic (exact) mass is 393 g/mol. The molecule has 148 valence electrons. The zero-order valence-electron chi connectivity index (χ0n) is 15.8. The maximum absolute atomic E-state index is 12.6. The van der Waals surface area contributed by atoms with Gasteiger partial charge in [0.1, 0.15) is 6.54 Å². The minimum absolute atomic E-state index is 0.00634. The average molecular weight is 393 g/mol. The number of anilines is 1. The first-order chi connectivity index (χ1) is 14.1. The predicted molar refractivity (Wildman–Crippen MR) is 105 cm³/mol. The number of fused-ring (bicyclic) bond motifs is 1. The van der Waals surface area contributed by atoms with E-state index in [0.717, 1.165) is 0 Å². The van der Waals surface area contributed by atoms with Gasteiger partial charge in [0.2, 0.25) is 0 Å². The lowest BCUT2D eigenvalue weighted by Crippen LogP contribution is -2.39. The van der Waals surface area contributed by atoms with Gasteiger partial charge >= 0.3 is 11.9 Å². The van der Waals surface area contributed by atoms with Crippen LogP contribution in [0.1, 0.15) is 17.4 Å². The number of hydrogen-bond acceptors (Lipinski definition) is 7. The molecule has 0 aliphatic heterocycles. The van der Waals surface area contributed by atoms with Crippen molar-refractivity contribution in [3.63, 3.8) is 0 Å². The minimum Gasteiger partial charge on any atom is -0.465 e. The molecule has 3 aromatic rings. The Bertz CT molecular complexity index is 1020. The van der Waals surface area contributed by atoms with Crippen LogP contribution in [0.5, 0.6) is 0 Å². The van der Waals surface area contributed by atoms with Crippen LogP contribution < -0.4 is 4.90 Å². The Hall–Kier alpha value is -3.81. The molecule has 0 saturated heterocycles. The van der Waals surface area contributed by atoms with Gasteiger partial charge in [0.05, 0.1) is 23.8 Å². The summed E-state index contributed by atoms with van der Waals surface area (Å²) in [6.45, 7) is 1.04. The molecule has 0 N–H and O–H groups in total. The summed E-state index contributed by atoms with van der Waals surface area (Å²) >= 11 is 0. The van der Waals surface area contributed by atoms with E-state index in [1.807, 2.05) is 6.07 Å². The summed E-state index contributed by atoms with van der Waals surface area (Å²) in [6, 6.07) is 15.7. The first kappa shape index (κ1) is 19.9. The number of benzene rings is 2. The maximum Gasteiger partial charge on any atom is 0.359 e. The summed E-state index contributed by atoms with van der Waals surface area (Å²) in [5.74, 6) is -1.90. The fourth-order valence-electron chi connectivity index (χ4n) is 2.60. The van der Waals surface area contributed by atoms with E-state index >= 15 is 0 Å². The normalized spacial score (nSPS) is 10.4. The standard InChI is InChI=1S/C21H19N3O5/c1-2-28-20(26)13-24(15-8-4-3-5-9-15)19(25)14-29-21(27)18-12-22-16-10-6-7-11-17(16)23-18/h3-12H,2,13-14H2,1H3. The fraction of sp³-hybridized carbons (Fsp3) is 0.190. The zero-order chi connectivity index (χ0) is 20.6. The quantitative estimate of drug-likeness (QED) is 0.568. The molecule has 0 atom stereocenters. The topological polar surface area (TPSA) is 98.7 Å². The molecule has 3 rings (SSSR count). The van der Waals surface area contributed by atoms with Crippen LogP contribution in [0, 0.1) is 0 Å². The number of ether oxygens (including phenoxy) is 2. The first-order valence-corrected chi connectivity index (χ1v) is 8.98. The number of hydrogen-bond donors (Lipinski definition) is 0. The molecule has 0 unspecified atom stereocenters. The van der Waals surface area contributed by atoms with Gasteiger partial charge in [-0.25, -0.2) is 9.78 Å². The second kappa shape index (κ2) is 9.41. The van der Waals surface area contributed by atoms with Crippen LogP contribution in [0.2, 0.25) is 0 Å². The summed E-state index contributed by atoms with van der Waals surface area (Å²) in [7, 11) is 0. The van der Waals surface area contributed by atoms with E-state index in [0.29, 0.717) is 16.7 Å². The molecule has 0 spiro atoms. The van der Waals surface area contributed by atoms with Gasteiger partial charge < -0.3 is 9.47 Å². The highest BCUT2D eigenvalue weighted by molar-refractivity contribution is 6.00. The molecule has 0 radical (unpaired) electrons. The molecule has 8 nitrogen and oxygen atoms in total. The third kappa shape index (κ3) is 5.13. The molecule has 1 amide bonds. The van der Waals surface area contributed by atoms with Gasteiger partial charge in [0, 0.05) is 5.69 Å². The van der Waals surface area contributed by atoms with E-state index in [2.05, 4.69) is 9.97 Å². The van der Waals surface area contributed by atoms with Crippen molar-refractivity contribution < 1.29 is 23.9 Å². The molecule has 2 aromatic carbocycles. The van der Waals surface area contributed by atoms with Gasteiger partial charge in [0.15, 0.2) is 12.3 Å². The summed E-state index contributed by atoms with van der Waals surface area (Å²) < 4.78 is 10.0. The summed E-state index contributed by atoms with van der Waals surface area (Å²) in [6.07, 6.45) is 1.29. The lowest BCUT2D eigenvalue weighted by atomic mass is 10.3. The van der Waals surface area contributed by atoms with Crippen molar-refractivity contribution in [1.29, 1.82) is 0 Å². The molecule has 0 aliphatic carbocycles. The number of carbonyl (C=O) groups is 3. The van der Waals surface area contributed by atoms with Crippen LogP contribution in [0.15, 0.2) is 60.8 Å². The smallest absolute Gasteiger partial charge is 0.359 e. The Balaban J connectivity index is 1.69. The van der Waals surface area contributed by atoms with Crippen LogP contribution in [0.3, 0.4) is 0 Å². The molecule has 0 aliphatic rings. The molecule has 1 heterocycles. The van der Waals surface area contributed by atoms with E-state index in [-0.39, 0.29) is 18.8 Å². The number of rotatable bonds is 7. The number of amides is 1. The van der Waals surface area contributed by atoms with E-state index in [9.17, 15) is 14.4 Å². The molecular weight excluding hydrogens is 374 g/mol.